The molecule has 3 N–H and O–H groups in total. The molecule has 39 heavy (non-hydrogen) atoms. The molecule has 1 amide bonds. The summed E-state index contributed by atoms with van der Waals surface area (Å²) in [6.07, 6.45) is 0. The number of carbonyl (C=O) groups excluding carboxylic acids is 2. The van der Waals surface area contributed by atoms with Crippen LogP contribution in [0.1, 0.15) is 28.9 Å². The molecule has 0 bridgehead atoms. The molecule has 0 fully saturated rings. The van der Waals surface area contributed by atoms with E-state index in [9.17, 15) is 14.0 Å². The van der Waals surface area contributed by atoms with Gasteiger partial charge in [0.2, 0.25) is 5.96 Å². The number of aliphatic imine (C=N–C) groups is 1. The Kier molecular flexibility index (Phi) is 7.23. The number of guanidine groups is 1. The molecule has 0 saturated heterocycles. The van der Waals surface area contributed by atoms with Crippen molar-refractivity contribution in [2.45, 2.75) is 13.0 Å². The summed E-state index contributed by atoms with van der Waals surface area (Å²) in [6.45, 7) is 1.70. The van der Waals surface area contributed by atoms with Crippen LogP contribution in [0.4, 0.5) is 16.1 Å². The molecule has 1 unspecified atom stereocenters. The fourth-order valence-electron chi connectivity index (χ4n) is 4.06. The summed E-state index contributed by atoms with van der Waals surface area (Å²) in [5, 5.41) is 9.37. The molecule has 198 valence electrons. The lowest BCUT2D eigenvalue weighted by Crippen LogP contribution is -2.37. The summed E-state index contributed by atoms with van der Waals surface area (Å²) in [5.74, 6) is -1.32. The lowest BCUT2D eigenvalue weighted by atomic mass is 9.95. The highest BCUT2D eigenvalue weighted by atomic mass is 35.5. The maximum absolute atomic E-state index is 13.6. The van der Waals surface area contributed by atoms with Crippen molar-refractivity contribution in [1.82, 2.24) is 10.3 Å². The first-order valence-electron chi connectivity index (χ1n) is 11.6. The van der Waals surface area contributed by atoms with E-state index in [2.05, 4.69) is 25.9 Å². The minimum Gasteiger partial charge on any atom is -0.465 e. The van der Waals surface area contributed by atoms with E-state index >= 15 is 0 Å². The summed E-state index contributed by atoms with van der Waals surface area (Å²) in [6, 6.07) is 14.6. The van der Waals surface area contributed by atoms with Gasteiger partial charge in [-0.05, 0) is 43.3 Å². The van der Waals surface area contributed by atoms with Crippen LogP contribution in [0.2, 0.25) is 10.0 Å². The standard InChI is InChI=1S/C27H20Cl2FN5O4/c1-13-22(24(36)32-20-11-14(25(37)38-2)7-9-18(20)29)23(16-5-3-4-6-17(16)28)34-26(31-13)35-27-33-19-10-8-15(30)12-21(19)39-27/h3-12,23H,1-2H3,(H,32,36)(H2,31,33,34,35). The zero-order chi connectivity index (χ0) is 27.7. The van der Waals surface area contributed by atoms with E-state index in [1.165, 1.54) is 43.5 Å². The predicted molar refractivity (Wildman–Crippen MR) is 146 cm³/mol. The average molecular weight is 568 g/mol. The second kappa shape index (κ2) is 10.8. The Morgan fingerprint density at radius 3 is 2.64 bits per heavy atom. The van der Waals surface area contributed by atoms with Crippen LogP contribution in [0.5, 0.6) is 0 Å². The number of nitrogens with one attached hydrogen (secondary N) is 3. The normalized spacial score (nSPS) is 15.0. The van der Waals surface area contributed by atoms with Crippen molar-refractivity contribution < 1.29 is 23.1 Å². The second-order valence-electron chi connectivity index (χ2n) is 8.46. The van der Waals surface area contributed by atoms with E-state index in [-0.39, 0.29) is 39.4 Å². The molecule has 9 nitrogen and oxygen atoms in total. The van der Waals surface area contributed by atoms with Gasteiger partial charge in [0.05, 0.1) is 29.0 Å². The van der Waals surface area contributed by atoms with Crippen LogP contribution in [0.15, 0.2) is 81.3 Å². The molecule has 0 radical (unpaired) electrons. The van der Waals surface area contributed by atoms with Gasteiger partial charge >= 0.3 is 12.0 Å². The Bertz CT molecular complexity index is 1680. The van der Waals surface area contributed by atoms with Gasteiger partial charge in [0.1, 0.15) is 17.4 Å². The molecular formula is C27H20Cl2FN5O4. The predicted octanol–water partition coefficient (Wildman–Crippen LogP) is 6.09. The van der Waals surface area contributed by atoms with E-state index < -0.39 is 23.7 Å². The van der Waals surface area contributed by atoms with Crippen molar-refractivity contribution in [2.75, 3.05) is 17.7 Å². The Morgan fingerprint density at radius 2 is 1.87 bits per heavy atom. The van der Waals surface area contributed by atoms with Gasteiger partial charge in [0, 0.05) is 22.3 Å². The summed E-state index contributed by atoms with van der Waals surface area (Å²) in [7, 11) is 1.26. The van der Waals surface area contributed by atoms with Crippen LogP contribution < -0.4 is 16.0 Å². The summed E-state index contributed by atoms with van der Waals surface area (Å²) < 4.78 is 23.9. The number of allylic oxidation sites excluding steroid dienone is 1. The van der Waals surface area contributed by atoms with Crippen molar-refractivity contribution in [2.24, 2.45) is 4.99 Å². The summed E-state index contributed by atoms with van der Waals surface area (Å²) in [5.41, 5.74) is 2.43. The van der Waals surface area contributed by atoms with Gasteiger partial charge in [0.15, 0.2) is 5.58 Å². The fraction of sp³-hybridized carbons (Fsp3) is 0.111. The number of hydrogen-bond acceptors (Lipinski definition) is 8. The van der Waals surface area contributed by atoms with Crippen molar-refractivity contribution >= 4 is 63.8 Å². The zero-order valence-corrected chi connectivity index (χ0v) is 22.0. The van der Waals surface area contributed by atoms with Gasteiger partial charge in [-0.25, -0.2) is 14.2 Å². The monoisotopic (exact) mass is 567 g/mol. The maximum atomic E-state index is 13.6. The number of benzene rings is 3. The van der Waals surface area contributed by atoms with Crippen LogP contribution in [0.3, 0.4) is 0 Å². The fourth-order valence-corrected chi connectivity index (χ4v) is 4.47. The topological polar surface area (TPSA) is 118 Å². The molecule has 1 aliphatic rings. The number of aromatic nitrogens is 1. The number of oxazole rings is 1. The third-order valence-electron chi connectivity index (χ3n) is 5.90. The number of methoxy groups -OCH3 is 1. The second-order valence-corrected chi connectivity index (χ2v) is 9.28. The van der Waals surface area contributed by atoms with Gasteiger partial charge < -0.3 is 19.8 Å². The maximum Gasteiger partial charge on any atom is 0.337 e. The first-order chi connectivity index (χ1) is 18.7. The molecule has 5 rings (SSSR count). The van der Waals surface area contributed by atoms with Crippen LogP contribution >= 0.6 is 23.2 Å². The number of ether oxygens (including phenoxy) is 1. The molecule has 1 aliphatic heterocycles. The minimum atomic E-state index is -0.841. The Hall–Kier alpha value is -4.41. The van der Waals surface area contributed by atoms with Crippen molar-refractivity contribution in [3.05, 3.63) is 98.9 Å². The molecule has 3 aromatic carbocycles. The van der Waals surface area contributed by atoms with E-state index in [0.29, 0.717) is 21.8 Å². The lowest BCUT2D eigenvalue weighted by Gasteiger charge is -2.27. The molecular weight excluding hydrogens is 548 g/mol. The number of amides is 1. The number of rotatable bonds is 5. The van der Waals surface area contributed by atoms with Crippen LogP contribution in [-0.4, -0.2) is 29.9 Å². The Balaban J connectivity index is 1.49. The van der Waals surface area contributed by atoms with Gasteiger partial charge in [-0.1, -0.05) is 41.4 Å². The lowest BCUT2D eigenvalue weighted by molar-refractivity contribution is -0.113. The molecule has 0 spiro atoms. The highest BCUT2D eigenvalue weighted by Crippen LogP contribution is 2.36. The van der Waals surface area contributed by atoms with Crippen LogP contribution in [0.25, 0.3) is 11.1 Å². The molecule has 2 heterocycles. The minimum absolute atomic E-state index is 0.0758. The van der Waals surface area contributed by atoms with E-state index in [4.69, 9.17) is 32.4 Å². The molecule has 1 aromatic heterocycles. The third-order valence-corrected chi connectivity index (χ3v) is 6.57. The Labute approximate surface area is 231 Å². The molecule has 12 heteroatoms. The average Bonchev–Trinajstić information content (AvgIpc) is 3.30. The van der Waals surface area contributed by atoms with Crippen molar-refractivity contribution in [3.63, 3.8) is 0 Å². The largest absolute Gasteiger partial charge is 0.465 e. The van der Waals surface area contributed by atoms with Crippen LogP contribution in [-0.2, 0) is 9.53 Å². The molecule has 4 aromatic rings. The number of halogens is 3. The van der Waals surface area contributed by atoms with Gasteiger partial charge in [-0.15, -0.1) is 0 Å². The highest BCUT2D eigenvalue weighted by molar-refractivity contribution is 6.34. The molecule has 1 atom stereocenters. The van der Waals surface area contributed by atoms with Gasteiger partial charge in [-0.2, -0.15) is 4.98 Å². The SMILES string of the molecule is COC(=O)c1ccc(Cl)c(NC(=O)C2=C(C)NC(Nc3nc4ccc(F)cc4o3)=NC2c2ccccc2Cl)c1. The third kappa shape index (κ3) is 5.43. The number of carbonyl (C=O) groups is 2. The number of nitrogens with zero attached hydrogens (tertiary/aromatic N) is 2. The van der Waals surface area contributed by atoms with Gasteiger partial charge in [-0.3, -0.25) is 10.1 Å². The first-order valence-corrected chi connectivity index (χ1v) is 12.3. The van der Waals surface area contributed by atoms with Gasteiger partial charge in [0.25, 0.3) is 5.91 Å². The highest BCUT2D eigenvalue weighted by Gasteiger charge is 2.31. The number of esters is 1. The van der Waals surface area contributed by atoms with Crippen molar-refractivity contribution in [3.8, 4) is 0 Å². The van der Waals surface area contributed by atoms with Crippen molar-refractivity contribution in [1.29, 1.82) is 0 Å². The van der Waals surface area contributed by atoms with E-state index in [1.54, 1.807) is 31.2 Å². The first kappa shape index (κ1) is 26.2. The molecule has 0 saturated carbocycles. The van der Waals surface area contributed by atoms with E-state index in [1.807, 2.05) is 0 Å². The summed E-state index contributed by atoms with van der Waals surface area (Å²) in [4.78, 5) is 34.6. The number of fused-ring (bicyclic) bond motifs is 1. The quantitative estimate of drug-likeness (QED) is 0.250. The zero-order valence-electron chi connectivity index (χ0n) is 20.5. The van der Waals surface area contributed by atoms with Crippen LogP contribution in [0, 0.1) is 5.82 Å². The smallest absolute Gasteiger partial charge is 0.337 e. The summed E-state index contributed by atoms with van der Waals surface area (Å²) >= 11 is 12.8. The Morgan fingerprint density at radius 1 is 1.08 bits per heavy atom. The number of anilines is 2. The van der Waals surface area contributed by atoms with E-state index in [0.717, 1.165) is 0 Å². The number of hydrogen-bond donors (Lipinski definition) is 3. The molecule has 0 aliphatic carbocycles.